The SMILES string of the molecule is CN1CCCN(Cc2cc(O)ccc2N)CC1. The number of anilines is 1. The predicted molar refractivity (Wildman–Crippen MR) is 69.9 cm³/mol. The van der Waals surface area contributed by atoms with E-state index in [0.29, 0.717) is 5.75 Å². The van der Waals surface area contributed by atoms with Crippen LogP contribution in [0.2, 0.25) is 0 Å². The third kappa shape index (κ3) is 3.35. The van der Waals surface area contributed by atoms with Crippen molar-refractivity contribution >= 4 is 5.69 Å². The van der Waals surface area contributed by atoms with Crippen molar-refractivity contribution < 1.29 is 5.11 Å². The van der Waals surface area contributed by atoms with E-state index in [0.717, 1.165) is 44.0 Å². The first-order valence-electron chi connectivity index (χ1n) is 6.13. The lowest BCUT2D eigenvalue weighted by molar-refractivity contribution is 0.269. The van der Waals surface area contributed by atoms with Gasteiger partial charge in [0.2, 0.25) is 0 Å². The number of nitrogens with two attached hydrogens (primary N) is 1. The predicted octanol–water partition coefficient (Wildman–Crippen LogP) is 1.11. The number of phenolic OH excluding ortho intramolecular Hbond substituents is 1. The van der Waals surface area contributed by atoms with E-state index in [4.69, 9.17) is 5.73 Å². The van der Waals surface area contributed by atoms with E-state index in [-0.39, 0.29) is 0 Å². The van der Waals surface area contributed by atoms with Crippen molar-refractivity contribution in [2.75, 3.05) is 39.0 Å². The standard InChI is InChI=1S/C13H21N3O/c1-15-5-2-6-16(8-7-15)10-11-9-12(17)3-4-13(11)14/h3-4,9,17H,2,5-8,10,14H2,1H3. The van der Waals surface area contributed by atoms with Crippen LogP contribution in [0.25, 0.3) is 0 Å². The van der Waals surface area contributed by atoms with Crippen LogP contribution in [0.3, 0.4) is 0 Å². The molecule has 0 spiro atoms. The van der Waals surface area contributed by atoms with E-state index in [1.165, 1.54) is 6.42 Å². The van der Waals surface area contributed by atoms with Crippen LogP contribution in [0, 0.1) is 0 Å². The molecule has 0 saturated carbocycles. The molecule has 4 heteroatoms. The summed E-state index contributed by atoms with van der Waals surface area (Å²) in [7, 11) is 2.16. The molecule has 1 aromatic rings. The monoisotopic (exact) mass is 235 g/mol. The number of likely N-dealkylation sites (N-methyl/N-ethyl adjacent to an activating group) is 1. The highest BCUT2D eigenvalue weighted by Gasteiger charge is 2.13. The molecular formula is C13H21N3O. The highest BCUT2D eigenvalue weighted by molar-refractivity contribution is 5.50. The van der Waals surface area contributed by atoms with Crippen molar-refractivity contribution in [3.05, 3.63) is 23.8 Å². The third-order valence-electron chi connectivity index (χ3n) is 3.33. The van der Waals surface area contributed by atoms with Crippen LogP contribution >= 0.6 is 0 Å². The Kier molecular flexibility index (Phi) is 3.86. The molecule has 0 amide bonds. The Morgan fingerprint density at radius 1 is 1.24 bits per heavy atom. The summed E-state index contributed by atoms with van der Waals surface area (Å²) in [4.78, 5) is 4.75. The van der Waals surface area contributed by atoms with Crippen molar-refractivity contribution in [3.63, 3.8) is 0 Å². The van der Waals surface area contributed by atoms with Gasteiger partial charge >= 0.3 is 0 Å². The maximum absolute atomic E-state index is 9.48. The lowest BCUT2D eigenvalue weighted by Crippen LogP contribution is -2.28. The second-order valence-corrected chi connectivity index (χ2v) is 4.82. The molecule has 4 nitrogen and oxygen atoms in total. The van der Waals surface area contributed by atoms with Gasteiger partial charge in [0, 0.05) is 25.3 Å². The number of aromatic hydroxyl groups is 1. The average molecular weight is 235 g/mol. The molecule has 0 atom stereocenters. The molecule has 94 valence electrons. The second-order valence-electron chi connectivity index (χ2n) is 4.82. The summed E-state index contributed by atoms with van der Waals surface area (Å²) in [5, 5.41) is 9.48. The molecule has 1 heterocycles. The smallest absolute Gasteiger partial charge is 0.116 e. The maximum atomic E-state index is 9.48. The molecule has 3 N–H and O–H groups in total. The number of nitrogen functional groups attached to an aromatic ring is 1. The number of rotatable bonds is 2. The summed E-state index contributed by atoms with van der Waals surface area (Å²) in [5.74, 6) is 0.293. The molecule has 0 aliphatic carbocycles. The topological polar surface area (TPSA) is 52.7 Å². The highest BCUT2D eigenvalue weighted by atomic mass is 16.3. The van der Waals surface area contributed by atoms with Crippen LogP contribution in [-0.4, -0.2) is 48.1 Å². The summed E-state index contributed by atoms with van der Waals surface area (Å²) in [6.45, 7) is 5.24. The van der Waals surface area contributed by atoms with Crippen LogP contribution in [0.1, 0.15) is 12.0 Å². The molecular weight excluding hydrogens is 214 g/mol. The fourth-order valence-electron chi connectivity index (χ4n) is 2.23. The zero-order chi connectivity index (χ0) is 12.3. The minimum absolute atomic E-state index is 0.293. The summed E-state index contributed by atoms with van der Waals surface area (Å²) in [6.07, 6.45) is 1.19. The molecule has 0 radical (unpaired) electrons. The zero-order valence-corrected chi connectivity index (χ0v) is 10.4. The Bertz CT molecular complexity index is 381. The molecule has 1 aliphatic rings. The zero-order valence-electron chi connectivity index (χ0n) is 10.4. The Morgan fingerprint density at radius 2 is 2.06 bits per heavy atom. The molecule has 0 aromatic heterocycles. The minimum atomic E-state index is 0.293. The molecule has 1 fully saturated rings. The molecule has 1 aromatic carbocycles. The van der Waals surface area contributed by atoms with E-state index < -0.39 is 0 Å². The van der Waals surface area contributed by atoms with Gasteiger partial charge in [-0.25, -0.2) is 0 Å². The van der Waals surface area contributed by atoms with Gasteiger partial charge in [0.1, 0.15) is 5.75 Å². The second kappa shape index (κ2) is 5.38. The van der Waals surface area contributed by atoms with Gasteiger partial charge in [-0.1, -0.05) is 0 Å². The quantitative estimate of drug-likeness (QED) is 0.595. The highest BCUT2D eigenvalue weighted by Crippen LogP contribution is 2.20. The third-order valence-corrected chi connectivity index (χ3v) is 3.33. The van der Waals surface area contributed by atoms with Crippen molar-refractivity contribution in [1.29, 1.82) is 0 Å². The minimum Gasteiger partial charge on any atom is -0.508 e. The lowest BCUT2D eigenvalue weighted by Gasteiger charge is -2.21. The molecule has 0 bridgehead atoms. The van der Waals surface area contributed by atoms with Gasteiger partial charge in [-0.3, -0.25) is 4.90 Å². The normalized spacial score (nSPS) is 19.1. The number of hydrogen-bond donors (Lipinski definition) is 2. The van der Waals surface area contributed by atoms with Gasteiger partial charge in [0.25, 0.3) is 0 Å². The average Bonchev–Trinajstić information content (AvgIpc) is 2.49. The van der Waals surface area contributed by atoms with Gasteiger partial charge < -0.3 is 15.7 Å². The Balaban J connectivity index is 2.02. The van der Waals surface area contributed by atoms with Crippen LogP contribution in [0.4, 0.5) is 5.69 Å². The van der Waals surface area contributed by atoms with Crippen molar-refractivity contribution in [1.82, 2.24) is 9.80 Å². The van der Waals surface area contributed by atoms with Gasteiger partial charge in [-0.05, 0) is 50.3 Å². The summed E-state index contributed by atoms with van der Waals surface area (Å²) in [5.41, 5.74) is 7.71. The largest absolute Gasteiger partial charge is 0.508 e. The Morgan fingerprint density at radius 3 is 2.88 bits per heavy atom. The fraction of sp³-hybridized carbons (Fsp3) is 0.538. The summed E-state index contributed by atoms with van der Waals surface area (Å²) in [6, 6.07) is 5.17. The first-order chi connectivity index (χ1) is 8.15. The molecule has 1 aliphatic heterocycles. The Labute approximate surface area is 103 Å². The number of hydrogen-bond acceptors (Lipinski definition) is 4. The summed E-state index contributed by atoms with van der Waals surface area (Å²) >= 11 is 0. The van der Waals surface area contributed by atoms with Crippen LogP contribution in [-0.2, 0) is 6.54 Å². The molecule has 1 saturated heterocycles. The van der Waals surface area contributed by atoms with E-state index in [2.05, 4.69) is 16.8 Å². The summed E-state index contributed by atoms with van der Waals surface area (Å²) < 4.78 is 0. The fourth-order valence-corrected chi connectivity index (χ4v) is 2.23. The van der Waals surface area contributed by atoms with Gasteiger partial charge in [-0.15, -0.1) is 0 Å². The van der Waals surface area contributed by atoms with E-state index >= 15 is 0 Å². The van der Waals surface area contributed by atoms with Crippen molar-refractivity contribution in [3.8, 4) is 5.75 Å². The van der Waals surface area contributed by atoms with E-state index in [9.17, 15) is 5.11 Å². The number of nitrogens with zero attached hydrogens (tertiary/aromatic N) is 2. The van der Waals surface area contributed by atoms with Crippen LogP contribution in [0.5, 0.6) is 5.75 Å². The van der Waals surface area contributed by atoms with Gasteiger partial charge in [-0.2, -0.15) is 0 Å². The lowest BCUT2D eigenvalue weighted by atomic mass is 10.1. The van der Waals surface area contributed by atoms with Crippen LogP contribution < -0.4 is 5.73 Å². The Hall–Kier alpha value is -1.26. The first kappa shape index (κ1) is 12.2. The number of phenols is 1. The molecule has 17 heavy (non-hydrogen) atoms. The molecule has 0 unspecified atom stereocenters. The number of benzene rings is 1. The van der Waals surface area contributed by atoms with Crippen LogP contribution in [0.15, 0.2) is 18.2 Å². The van der Waals surface area contributed by atoms with Gasteiger partial charge in [0.05, 0.1) is 0 Å². The van der Waals surface area contributed by atoms with E-state index in [1.807, 2.05) is 0 Å². The molecule has 2 rings (SSSR count). The van der Waals surface area contributed by atoms with Crippen molar-refractivity contribution in [2.45, 2.75) is 13.0 Å². The van der Waals surface area contributed by atoms with Crippen molar-refractivity contribution in [2.24, 2.45) is 0 Å². The van der Waals surface area contributed by atoms with Gasteiger partial charge in [0.15, 0.2) is 0 Å². The van der Waals surface area contributed by atoms with E-state index in [1.54, 1.807) is 18.2 Å². The first-order valence-corrected chi connectivity index (χ1v) is 6.13. The maximum Gasteiger partial charge on any atom is 0.116 e.